The van der Waals surface area contributed by atoms with Gasteiger partial charge in [-0.15, -0.1) is 0 Å². The first-order chi connectivity index (χ1) is 7.30. The van der Waals surface area contributed by atoms with Gasteiger partial charge in [-0.1, -0.05) is 20.3 Å². The molecule has 0 saturated heterocycles. The topological polar surface area (TPSA) is 54.4 Å². The molecule has 0 heterocycles. The smallest absolute Gasteiger partial charge is 0.150 e. The Kier molecular flexibility index (Phi) is 4.80. The Labute approximate surface area is 99.2 Å². The zero-order valence-corrected chi connectivity index (χ0v) is 11.3. The quantitative estimate of drug-likeness (QED) is 0.828. The third-order valence-electron chi connectivity index (χ3n) is 3.53. The molecule has 0 aliphatic heterocycles. The molecule has 96 valence electrons. The van der Waals surface area contributed by atoms with Crippen molar-refractivity contribution in [3.63, 3.8) is 0 Å². The van der Waals surface area contributed by atoms with Gasteiger partial charge in [0.2, 0.25) is 0 Å². The summed E-state index contributed by atoms with van der Waals surface area (Å²) in [6, 6.07) is 0. The van der Waals surface area contributed by atoms with E-state index in [-0.39, 0.29) is 17.3 Å². The van der Waals surface area contributed by atoms with Crippen LogP contribution in [-0.2, 0) is 9.84 Å². The van der Waals surface area contributed by atoms with Crippen LogP contribution in [0.5, 0.6) is 0 Å². The minimum Gasteiger partial charge on any atom is -0.393 e. The van der Waals surface area contributed by atoms with E-state index in [4.69, 9.17) is 0 Å². The molecule has 1 aliphatic carbocycles. The van der Waals surface area contributed by atoms with Crippen LogP contribution < -0.4 is 0 Å². The summed E-state index contributed by atoms with van der Waals surface area (Å²) in [5.74, 6) is 0.643. The summed E-state index contributed by atoms with van der Waals surface area (Å²) in [6.07, 6.45) is 5.08. The highest BCUT2D eigenvalue weighted by Crippen LogP contribution is 2.32. The first kappa shape index (κ1) is 14.0. The molecule has 16 heavy (non-hydrogen) atoms. The van der Waals surface area contributed by atoms with Crippen LogP contribution in [0.15, 0.2) is 0 Å². The van der Waals surface area contributed by atoms with Crippen molar-refractivity contribution < 1.29 is 13.5 Å². The summed E-state index contributed by atoms with van der Waals surface area (Å²) in [5, 5.41) is 9.80. The largest absolute Gasteiger partial charge is 0.393 e. The van der Waals surface area contributed by atoms with E-state index in [0.29, 0.717) is 12.3 Å². The van der Waals surface area contributed by atoms with E-state index >= 15 is 0 Å². The number of aliphatic hydroxyl groups excluding tert-OH is 1. The van der Waals surface area contributed by atoms with E-state index in [1.165, 1.54) is 6.26 Å². The van der Waals surface area contributed by atoms with E-state index in [9.17, 15) is 13.5 Å². The molecule has 0 bridgehead atoms. The molecule has 0 aromatic heterocycles. The Bertz CT molecular complexity index is 308. The first-order valence-corrected chi connectivity index (χ1v) is 8.13. The lowest BCUT2D eigenvalue weighted by Gasteiger charge is -2.31. The van der Waals surface area contributed by atoms with Crippen LogP contribution in [0, 0.1) is 11.8 Å². The molecule has 0 aromatic rings. The third-order valence-corrected chi connectivity index (χ3v) is 5.17. The molecule has 3 atom stereocenters. The predicted octanol–water partition coefficient (Wildman–Crippen LogP) is 2.00. The second-order valence-electron chi connectivity index (χ2n) is 5.58. The fraction of sp³-hybridized carbons (Fsp3) is 1.00. The number of hydrogen-bond acceptors (Lipinski definition) is 3. The van der Waals surface area contributed by atoms with E-state index in [1.807, 2.05) is 0 Å². The Morgan fingerprint density at radius 3 is 2.44 bits per heavy atom. The lowest BCUT2D eigenvalue weighted by Crippen LogP contribution is -2.33. The molecule has 3 unspecified atom stereocenters. The Hall–Kier alpha value is -0.0900. The highest BCUT2D eigenvalue weighted by Gasteiger charge is 2.32. The molecule has 4 heteroatoms. The van der Waals surface area contributed by atoms with Crippen molar-refractivity contribution >= 4 is 9.84 Å². The standard InChI is InChI=1S/C12H24O3S/c1-9(2)7-12(13)10-5-4-6-11(8-10)16(3,14)15/h9-13H,4-8H2,1-3H3. The van der Waals surface area contributed by atoms with E-state index < -0.39 is 9.84 Å². The maximum Gasteiger partial charge on any atom is 0.150 e. The molecular formula is C12H24O3S. The maximum atomic E-state index is 11.5. The van der Waals surface area contributed by atoms with E-state index in [2.05, 4.69) is 13.8 Å². The Balaban J connectivity index is 2.57. The zero-order valence-electron chi connectivity index (χ0n) is 10.5. The molecule has 3 nitrogen and oxygen atoms in total. The molecular weight excluding hydrogens is 224 g/mol. The van der Waals surface area contributed by atoms with Crippen molar-refractivity contribution in [2.24, 2.45) is 11.8 Å². The summed E-state index contributed by atoms with van der Waals surface area (Å²) < 4.78 is 23.0. The summed E-state index contributed by atoms with van der Waals surface area (Å²) in [4.78, 5) is 0. The van der Waals surface area contributed by atoms with Gasteiger partial charge < -0.3 is 5.11 Å². The van der Waals surface area contributed by atoms with Crippen LogP contribution in [0.3, 0.4) is 0 Å². The van der Waals surface area contributed by atoms with Gasteiger partial charge >= 0.3 is 0 Å². The van der Waals surface area contributed by atoms with E-state index in [1.54, 1.807) is 0 Å². The summed E-state index contributed by atoms with van der Waals surface area (Å²) in [5.41, 5.74) is 0. The Morgan fingerprint density at radius 1 is 1.31 bits per heavy atom. The van der Waals surface area contributed by atoms with Gasteiger partial charge in [-0.25, -0.2) is 8.42 Å². The Morgan fingerprint density at radius 2 is 1.94 bits per heavy atom. The third kappa shape index (κ3) is 4.06. The molecule has 1 fully saturated rings. The van der Waals surface area contributed by atoms with Crippen LogP contribution in [0.25, 0.3) is 0 Å². The minimum atomic E-state index is -2.93. The summed E-state index contributed by atoms with van der Waals surface area (Å²) >= 11 is 0. The molecule has 1 rings (SSSR count). The van der Waals surface area contributed by atoms with Crippen LogP contribution in [-0.4, -0.2) is 31.1 Å². The molecule has 1 N–H and O–H groups in total. The molecule has 0 spiro atoms. The van der Waals surface area contributed by atoms with E-state index in [0.717, 1.165) is 25.7 Å². The van der Waals surface area contributed by atoms with Crippen LogP contribution in [0.1, 0.15) is 46.0 Å². The second-order valence-corrected chi connectivity index (χ2v) is 7.90. The maximum absolute atomic E-state index is 11.5. The van der Waals surface area contributed by atoms with Gasteiger partial charge in [-0.05, 0) is 37.5 Å². The number of rotatable bonds is 4. The minimum absolute atomic E-state index is 0.177. The lowest BCUT2D eigenvalue weighted by molar-refractivity contribution is 0.0673. The zero-order chi connectivity index (χ0) is 12.3. The first-order valence-electron chi connectivity index (χ1n) is 6.17. The molecule has 1 saturated carbocycles. The van der Waals surface area contributed by atoms with Gasteiger partial charge in [0.1, 0.15) is 9.84 Å². The highest BCUT2D eigenvalue weighted by molar-refractivity contribution is 7.91. The fourth-order valence-electron chi connectivity index (χ4n) is 2.59. The van der Waals surface area contributed by atoms with Gasteiger partial charge in [0.15, 0.2) is 0 Å². The summed E-state index contributed by atoms with van der Waals surface area (Å²) in [6.45, 7) is 4.17. The average Bonchev–Trinajstić information content (AvgIpc) is 2.15. The van der Waals surface area contributed by atoms with Gasteiger partial charge in [0.05, 0.1) is 11.4 Å². The predicted molar refractivity (Wildman–Crippen MR) is 66.1 cm³/mol. The number of hydrogen-bond donors (Lipinski definition) is 1. The van der Waals surface area contributed by atoms with Gasteiger partial charge in [-0.3, -0.25) is 0 Å². The van der Waals surface area contributed by atoms with Crippen LogP contribution in [0.4, 0.5) is 0 Å². The molecule has 0 radical (unpaired) electrons. The summed E-state index contributed by atoms with van der Waals surface area (Å²) in [7, 11) is -2.93. The van der Waals surface area contributed by atoms with Crippen molar-refractivity contribution in [1.29, 1.82) is 0 Å². The van der Waals surface area contributed by atoms with Gasteiger partial charge in [0.25, 0.3) is 0 Å². The SMILES string of the molecule is CC(C)CC(O)C1CCCC(S(C)(=O)=O)C1. The van der Waals surface area contributed by atoms with Crippen molar-refractivity contribution in [2.75, 3.05) is 6.26 Å². The van der Waals surface area contributed by atoms with Crippen molar-refractivity contribution in [3.8, 4) is 0 Å². The lowest BCUT2D eigenvalue weighted by atomic mass is 9.82. The molecule has 1 aliphatic rings. The van der Waals surface area contributed by atoms with Crippen LogP contribution >= 0.6 is 0 Å². The van der Waals surface area contributed by atoms with Crippen molar-refractivity contribution in [2.45, 2.75) is 57.3 Å². The number of sulfone groups is 1. The number of aliphatic hydroxyl groups is 1. The van der Waals surface area contributed by atoms with Crippen molar-refractivity contribution in [1.82, 2.24) is 0 Å². The van der Waals surface area contributed by atoms with Crippen LogP contribution in [0.2, 0.25) is 0 Å². The van der Waals surface area contributed by atoms with Gasteiger partial charge in [0, 0.05) is 6.26 Å². The fourth-order valence-corrected chi connectivity index (χ4v) is 3.79. The molecule has 0 aromatic carbocycles. The normalized spacial score (nSPS) is 29.3. The van der Waals surface area contributed by atoms with Crippen molar-refractivity contribution in [3.05, 3.63) is 0 Å². The monoisotopic (exact) mass is 248 g/mol. The molecule has 0 amide bonds. The second kappa shape index (κ2) is 5.50. The van der Waals surface area contributed by atoms with Gasteiger partial charge in [-0.2, -0.15) is 0 Å². The highest BCUT2D eigenvalue weighted by atomic mass is 32.2. The average molecular weight is 248 g/mol.